The van der Waals surface area contributed by atoms with Gasteiger partial charge in [0.15, 0.2) is 0 Å². The van der Waals surface area contributed by atoms with Crippen molar-refractivity contribution in [3.05, 3.63) is 22.1 Å². The number of likely N-dealkylation sites (N-methyl/N-ethyl adjacent to an activating group) is 1. The van der Waals surface area contributed by atoms with Gasteiger partial charge >= 0.3 is 0 Å². The second-order valence-corrected chi connectivity index (χ2v) is 9.41. The van der Waals surface area contributed by atoms with Crippen LogP contribution in [0.2, 0.25) is 0 Å². The Labute approximate surface area is 181 Å². The molecule has 4 rings (SSSR count). The van der Waals surface area contributed by atoms with Crippen molar-refractivity contribution in [3.63, 3.8) is 0 Å². The van der Waals surface area contributed by atoms with E-state index in [9.17, 15) is 9.59 Å². The minimum Gasteiger partial charge on any atom is -0.340 e. The smallest absolute Gasteiger partial charge is 0.275 e. The Morgan fingerprint density at radius 3 is 2.63 bits per heavy atom. The maximum atomic E-state index is 12.8. The minimum absolute atomic E-state index is 0.118. The van der Waals surface area contributed by atoms with Gasteiger partial charge < -0.3 is 9.80 Å². The lowest BCUT2D eigenvalue weighted by Gasteiger charge is -2.41. The predicted molar refractivity (Wildman–Crippen MR) is 119 cm³/mol. The summed E-state index contributed by atoms with van der Waals surface area (Å²) in [5.74, 6) is 0.118. The number of rotatable bonds is 6. The van der Waals surface area contributed by atoms with Gasteiger partial charge in [-0.2, -0.15) is 4.52 Å². The van der Waals surface area contributed by atoms with E-state index in [0.717, 1.165) is 44.7 Å². The van der Waals surface area contributed by atoms with Crippen molar-refractivity contribution in [1.29, 1.82) is 0 Å². The normalized spacial score (nSPS) is 18.8. The molecule has 0 atom stereocenters. The average molecular weight is 433 g/mol. The van der Waals surface area contributed by atoms with Crippen molar-refractivity contribution < 1.29 is 4.79 Å². The molecule has 2 aromatic heterocycles. The molecule has 0 bridgehead atoms. The van der Waals surface area contributed by atoms with E-state index in [1.165, 1.54) is 48.0 Å². The highest BCUT2D eigenvalue weighted by Gasteiger charge is 2.27. The van der Waals surface area contributed by atoms with E-state index in [-0.39, 0.29) is 18.0 Å². The Morgan fingerprint density at radius 1 is 1.20 bits per heavy atom. The van der Waals surface area contributed by atoms with Crippen LogP contribution in [-0.4, -0.2) is 76.1 Å². The van der Waals surface area contributed by atoms with Crippen LogP contribution in [-0.2, 0) is 11.2 Å². The number of carbonyl (C=O) groups is 1. The summed E-state index contributed by atoms with van der Waals surface area (Å²) < 4.78 is 1.34. The Morgan fingerprint density at radius 2 is 1.93 bits per heavy atom. The molecule has 9 heteroatoms. The fraction of sp³-hybridized carbons (Fsp3) is 0.714. The average Bonchev–Trinajstić information content (AvgIpc) is 3.20. The van der Waals surface area contributed by atoms with Crippen molar-refractivity contribution in [2.75, 3.05) is 44.7 Å². The molecule has 164 valence electrons. The highest BCUT2D eigenvalue weighted by atomic mass is 32.1. The summed E-state index contributed by atoms with van der Waals surface area (Å²) in [7, 11) is 1.85. The standard InChI is InChI=1S/C21H32N6O2S/c1-3-7-16-14-18(28)27-20(22-16)30-21(23-27)24(2)15-19(29)26-12-10-25(11-13-26)17-8-5-4-6-9-17/h14,17H,3-13,15H2,1-2H3. The van der Waals surface area contributed by atoms with E-state index in [2.05, 4.69) is 21.9 Å². The van der Waals surface area contributed by atoms with E-state index in [1.54, 1.807) is 6.07 Å². The molecular weight excluding hydrogens is 400 g/mol. The minimum atomic E-state index is -0.162. The van der Waals surface area contributed by atoms with Gasteiger partial charge in [-0.25, -0.2) is 4.98 Å². The van der Waals surface area contributed by atoms with Crippen molar-refractivity contribution in [2.45, 2.75) is 57.9 Å². The highest BCUT2D eigenvalue weighted by Crippen LogP contribution is 2.24. The summed E-state index contributed by atoms with van der Waals surface area (Å²) in [5, 5.41) is 5.03. The molecule has 0 aromatic carbocycles. The van der Waals surface area contributed by atoms with Gasteiger partial charge in [-0.15, -0.1) is 5.10 Å². The number of hydrogen-bond acceptors (Lipinski definition) is 7. The van der Waals surface area contributed by atoms with E-state index in [1.807, 2.05) is 16.8 Å². The fourth-order valence-electron chi connectivity index (χ4n) is 4.54. The largest absolute Gasteiger partial charge is 0.340 e. The van der Waals surface area contributed by atoms with Gasteiger partial charge in [0.2, 0.25) is 16.0 Å². The third kappa shape index (κ3) is 4.67. The van der Waals surface area contributed by atoms with Crippen LogP contribution in [0.5, 0.6) is 0 Å². The first-order chi connectivity index (χ1) is 14.5. The van der Waals surface area contributed by atoms with Crippen LogP contribution in [0.25, 0.3) is 4.96 Å². The zero-order valence-electron chi connectivity index (χ0n) is 18.0. The predicted octanol–water partition coefficient (Wildman–Crippen LogP) is 2.02. The lowest BCUT2D eigenvalue weighted by molar-refractivity contribution is -0.131. The first-order valence-electron chi connectivity index (χ1n) is 11.2. The molecule has 1 saturated carbocycles. The van der Waals surface area contributed by atoms with E-state index < -0.39 is 0 Å². The van der Waals surface area contributed by atoms with E-state index in [4.69, 9.17) is 0 Å². The van der Waals surface area contributed by atoms with Crippen LogP contribution in [0.15, 0.2) is 10.9 Å². The van der Waals surface area contributed by atoms with Crippen molar-refractivity contribution in [1.82, 2.24) is 24.4 Å². The molecule has 8 nitrogen and oxygen atoms in total. The molecular formula is C21H32N6O2S. The maximum Gasteiger partial charge on any atom is 0.275 e. The number of piperazine rings is 1. The molecule has 2 fully saturated rings. The number of fused-ring (bicyclic) bond motifs is 1. The number of amides is 1. The van der Waals surface area contributed by atoms with Crippen LogP contribution in [0, 0.1) is 0 Å². The van der Waals surface area contributed by atoms with Gasteiger partial charge in [0.05, 0.1) is 6.54 Å². The van der Waals surface area contributed by atoms with Crippen molar-refractivity contribution >= 4 is 27.3 Å². The number of aromatic nitrogens is 3. The zero-order chi connectivity index (χ0) is 21.1. The number of carbonyl (C=O) groups excluding carboxylic acids is 1. The second kappa shape index (κ2) is 9.43. The lowest BCUT2D eigenvalue weighted by atomic mass is 9.94. The van der Waals surface area contributed by atoms with Gasteiger partial charge in [0.1, 0.15) is 0 Å². The molecule has 3 heterocycles. The number of nitrogens with zero attached hydrogens (tertiary/aromatic N) is 6. The van der Waals surface area contributed by atoms with E-state index in [0.29, 0.717) is 16.1 Å². The molecule has 30 heavy (non-hydrogen) atoms. The molecule has 0 N–H and O–H groups in total. The van der Waals surface area contributed by atoms with Gasteiger partial charge in [0, 0.05) is 51.0 Å². The fourth-order valence-corrected chi connectivity index (χ4v) is 5.42. The molecule has 1 amide bonds. The Balaban J connectivity index is 1.35. The molecule has 0 radical (unpaired) electrons. The third-order valence-corrected chi connectivity index (χ3v) is 7.27. The molecule has 0 spiro atoms. The molecule has 0 unspecified atom stereocenters. The molecule has 2 aromatic rings. The van der Waals surface area contributed by atoms with Gasteiger partial charge in [-0.05, 0) is 19.3 Å². The molecule has 1 aliphatic heterocycles. The summed E-state index contributed by atoms with van der Waals surface area (Å²) in [6.45, 7) is 5.87. The maximum absolute atomic E-state index is 12.8. The Hall–Kier alpha value is -2.00. The summed E-state index contributed by atoms with van der Waals surface area (Å²) in [6.07, 6.45) is 8.39. The number of aryl methyl sites for hydroxylation is 1. The van der Waals surface area contributed by atoms with Crippen molar-refractivity contribution in [3.8, 4) is 0 Å². The summed E-state index contributed by atoms with van der Waals surface area (Å²) in [6, 6.07) is 2.27. The Bertz CT molecular complexity index is 927. The quantitative estimate of drug-likeness (QED) is 0.695. The van der Waals surface area contributed by atoms with Crippen molar-refractivity contribution in [2.24, 2.45) is 0 Å². The molecule has 1 aliphatic carbocycles. The summed E-state index contributed by atoms with van der Waals surface area (Å²) in [5.41, 5.74) is 0.636. The summed E-state index contributed by atoms with van der Waals surface area (Å²) >= 11 is 1.36. The molecule has 2 aliphatic rings. The van der Waals surface area contributed by atoms with Gasteiger partial charge in [-0.1, -0.05) is 43.9 Å². The highest BCUT2D eigenvalue weighted by molar-refractivity contribution is 7.20. The first kappa shape index (κ1) is 21.2. The first-order valence-corrected chi connectivity index (χ1v) is 12.0. The van der Waals surface area contributed by atoms with E-state index >= 15 is 0 Å². The topological polar surface area (TPSA) is 74.1 Å². The van der Waals surface area contributed by atoms with Gasteiger partial charge in [-0.3, -0.25) is 14.5 Å². The Kier molecular flexibility index (Phi) is 6.67. The van der Waals surface area contributed by atoms with Gasteiger partial charge in [0.25, 0.3) is 5.56 Å². The zero-order valence-corrected chi connectivity index (χ0v) is 18.9. The van der Waals surface area contributed by atoms with Crippen LogP contribution in [0.1, 0.15) is 51.1 Å². The SMILES string of the molecule is CCCc1cc(=O)n2nc(N(C)CC(=O)N3CCN(C4CCCCC4)CC3)sc2n1. The molecule has 1 saturated heterocycles. The second-order valence-electron chi connectivity index (χ2n) is 8.48. The van der Waals surface area contributed by atoms with Crippen LogP contribution in [0.4, 0.5) is 5.13 Å². The monoisotopic (exact) mass is 432 g/mol. The lowest BCUT2D eigenvalue weighted by Crippen LogP contribution is -2.53. The van der Waals surface area contributed by atoms with Crippen LogP contribution < -0.4 is 10.5 Å². The summed E-state index contributed by atoms with van der Waals surface area (Å²) in [4.78, 5) is 36.6. The van der Waals surface area contributed by atoms with Crippen LogP contribution >= 0.6 is 11.3 Å². The number of anilines is 1. The third-order valence-electron chi connectivity index (χ3n) is 6.25. The van der Waals surface area contributed by atoms with Crippen LogP contribution in [0.3, 0.4) is 0 Å². The number of hydrogen-bond donors (Lipinski definition) is 0.